The maximum atomic E-state index is 13.8. The summed E-state index contributed by atoms with van der Waals surface area (Å²) in [6.45, 7) is -0.0281. The summed E-state index contributed by atoms with van der Waals surface area (Å²) in [7, 11) is 0. The van der Waals surface area contributed by atoms with Gasteiger partial charge in [-0.1, -0.05) is 34.8 Å². The van der Waals surface area contributed by atoms with Gasteiger partial charge in [-0.25, -0.2) is 9.37 Å². The monoisotopic (exact) mass is 474 g/mol. The van der Waals surface area contributed by atoms with Gasteiger partial charge in [0.25, 0.3) is 5.91 Å². The van der Waals surface area contributed by atoms with Crippen molar-refractivity contribution in [2.24, 2.45) is 0 Å². The zero-order valence-electron chi connectivity index (χ0n) is 14.3. The molecule has 1 aliphatic rings. The van der Waals surface area contributed by atoms with Gasteiger partial charge in [0.2, 0.25) is 0 Å². The summed E-state index contributed by atoms with van der Waals surface area (Å²) in [6, 6.07) is 5.30. The molecule has 11 heteroatoms. The van der Waals surface area contributed by atoms with E-state index < -0.39 is 30.2 Å². The number of carbonyl (C=O) groups is 2. The lowest BCUT2D eigenvalue weighted by Gasteiger charge is -2.33. The number of carbonyl (C=O) groups excluding carboxylic acids is 1. The fourth-order valence-electron chi connectivity index (χ4n) is 2.97. The second kappa shape index (κ2) is 7.60. The van der Waals surface area contributed by atoms with Gasteiger partial charge in [0.05, 0.1) is 38.4 Å². The molecular formula is C18H10Cl3FN2O4S. The molecule has 150 valence electrons. The molecule has 4 rings (SSSR count). The molecule has 1 unspecified atom stereocenters. The first-order valence-corrected chi connectivity index (χ1v) is 10.1. The average Bonchev–Trinajstić information content (AvgIpc) is 3.06. The normalized spacial score (nSPS) is 16.1. The molecule has 1 aromatic heterocycles. The van der Waals surface area contributed by atoms with Gasteiger partial charge in [-0.2, -0.15) is 0 Å². The number of rotatable bonds is 4. The number of benzene rings is 2. The number of aliphatic carboxylic acids is 1. The maximum Gasteiger partial charge on any atom is 0.307 e. The van der Waals surface area contributed by atoms with Gasteiger partial charge in [0.1, 0.15) is 22.1 Å². The van der Waals surface area contributed by atoms with Crippen LogP contribution in [0.25, 0.3) is 10.2 Å². The Balaban J connectivity index is 1.75. The lowest BCUT2D eigenvalue weighted by atomic mass is 10.1. The number of halogens is 4. The Hall–Kier alpha value is -2.13. The van der Waals surface area contributed by atoms with E-state index in [2.05, 4.69) is 4.98 Å². The number of carboxylic acids is 1. The zero-order chi connectivity index (χ0) is 20.9. The van der Waals surface area contributed by atoms with Gasteiger partial charge in [-0.3, -0.25) is 14.5 Å². The Morgan fingerprint density at radius 3 is 2.76 bits per heavy atom. The van der Waals surface area contributed by atoms with Gasteiger partial charge in [0.15, 0.2) is 6.10 Å². The molecule has 0 saturated carbocycles. The van der Waals surface area contributed by atoms with Crippen molar-refractivity contribution in [3.63, 3.8) is 0 Å². The molecule has 0 saturated heterocycles. The summed E-state index contributed by atoms with van der Waals surface area (Å²) in [6.07, 6.45) is -1.75. The number of hydrogen-bond donors (Lipinski definition) is 1. The molecule has 6 nitrogen and oxygen atoms in total. The molecule has 1 N–H and O–H groups in total. The van der Waals surface area contributed by atoms with Gasteiger partial charge in [-0.15, -0.1) is 11.3 Å². The third-order valence-corrected chi connectivity index (χ3v) is 6.48. The predicted molar refractivity (Wildman–Crippen MR) is 109 cm³/mol. The number of nitrogens with zero attached hydrogens (tertiary/aromatic N) is 2. The van der Waals surface area contributed by atoms with Crippen LogP contribution in [0.3, 0.4) is 0 Å². The number of hydrogen-bond acceptors (Lipinski definition) is 5. The third-order valence-electron chi connectivity index (χ3n) is 4.24. The lowest BCUT2D eigenvalue weighted by Crippen LogP contribution is -2.46. The minimum atomic E-state index is -1.23. The minimum Gasteiger partial charge on any atom is -0.481 e. The molecule has 0 radical (unpaired) electrons. The smallest absolute Gasteiger partial charge is 0.307 e. The molecule has 2 heterocycles. The summed E-state index contributed by atoms with van der Waals surface area (Å²) in [4.78, 5) is 29.6. The molecule has 1 atom stereocenters. The SMILES string of the molecule is O=C(O)CC1Oc2ccc(F)cc2N(Cc2nc3c(Cl)c(Cl)c(Cl)cc3s2)C1=O. The summed E-state index contributed by atoms with van der Waals surface area (Å²) < 4.78 is 19.9. The summed E-state index contributed by atoms with van der Waals surface area (Å²) in [5, 5.41) is 10.2. The first-order valence-electron chi connectivity index (χ1n) is 8.17. The van der Waals surface area contributed by atoms with Crippen LogP contribution in [0.1, 0.15) is 11.4 Å². The van der Waals surface area contributed by atoms with Crippen molar-refractivity contribution in [2.75, 3.05) is 4.90 Å². The van der Waals surface area contributed by atoms with E-state index >= 15 is 0 Å². The Kier molecular flexibility index (Phi) is 5.29. The third kappa shape index (κ3) is 3.73. The summed E-state index contributed by atoms with van der Waals surface area (Å²) in [5.74, 6) is -2.15. The van der Waals surface area contributed by atoms with Crippen LogP contribution in [0.2, 0.25) is 15.1 Å². The van der Waals surface area contributed by atoms with Gasteiger partial charge in [0, 0.05) is 6.07 Å². The molecule has 29 heavy (non-hydrogen) atoms. The lowest BCUT2D eigenvalue weighted by molar-refractivity contribution is -0.142. The van der Waals surface area contributed by atoms with Crippen LogP contribution in [-0.4, -0.2) is 28.1 Å². The van der Waals surface area contributed by atoms with Gasteiger partial charge < -0.3 is 9.84 Å². The average molecular weight is 476 g/mol. The van der Waals surface area contributed by atoms with Crippen LogP contribution in [0, 0.1) is 5.82 Å². The van der Waals surface area contributed by atoms with E-state index in [0.717, 1.165) is 6.07 Å². The van der Waals surface area contributed by atoms with Crippen LogP contribution in [0.5, 0.6) is 5.75 Å². The fourth-order valence-corrected chi connectivity index (χ4v) is 4.74. The topological polar surface area (TPSA) is 79.7 Å². The van der Waals surface area contributed by atoms with Crippen molar-refractivity contribution >= 4 is 73.9 Å². The van der Waals surface area contributed by atoms with Crippen LogP contribution in [0.15, 0.2) is 24.3 Å². The summed E-state index contributed by atoms with van der Waals surface area (Å²) >= 11 is 19.6. The molecule has 0 spiro atoms. The second-order valence-electron chi connectivity index (χ2n) is 6.18. The van der Waals surface area contributed by atoms with Crippen LogP contribution in [0.4, 0.5) is 10.1 Å². The standard InChI is InChI=1S/C18H10Cl3FN2O4S/c19-8-4-12-17(16(21)15(8)20)23-13(29-12)6-24-9-3-7(22)1-2-10(9)28-11(18(24)27)5-14(25)26/h1-4,11H,5-6H2,(H,25,26). The van der Waals surface area contributed by atoms with Crippen molar-refractivity contribution in [1.29, 1.82) is 0 Å². The van der Waals surface area contributed by atoms with E-state index in [1.807, 2.05) is 0 Å². The highest BCUT2D eigenvalue weighted by Gasteiger charge is 2.36. The van der Waals surface area contributed by atoms with E-state index in [-0.39, 0.29) is 33.0 Å². The van der Waals surface area contributed by atoms with E-state index in [4.69, 9.17) is 44.6 Å². The van der Waals surface area contributed by atoms with Crippen molar-refractivity contribution in [3.8, 4) is 5.75 Å². The first-order chi connectivity index (χ1) is 13.7. The number of aromatic nitrogens is 1. The largest absolute Gasteiger partial charge is 0.481 e. The Labute approximate surface area is 182 Å². The van der Waals surface area contributed by atoms with E-state index in [1.165, 1.54) is 28.4 Å². The molecule has 1 amide bonds. The van der Waals surface area contributed by atoms with Crippen molar-refractivity contribution in [2.45, 2.75) is 19.1 Å². The number of fused-ring (bicyclic) bond motifs is 2. The van der Waals surface area contributed by atoms with Crippen LogP contribution >= 0.6 is 46.1 Å². The Morgan fingerprint density at radius 2 is 2.03 bits per heavy atom. The predicted octanol–water partition coefficient (Wildman–Crippen LogP) is 5.16. The number of anilines is 1. The Morgan fingerprint density at radius 1 is 1.28 bits per heavy atom. The molecule has 0 aliphatic carbocycles. The van der Waals surface area contributed by atoms with Crippen LogP contribution in [-0.2, 0) is 16.1 Å². The van der Waals surface area contributed by atoms with E-state index in [9.17, 15) is 14.0 Å². The second-order valence-corrected chi connectivity index (χ2v) is 8.46. The quantitative estimate of drug-likeness (QED) is 0.527. The zero-order valence-corrected chi connectivity index (χ0v) is 17.4. The van der Waals surface area contributed by atoms with Crippen molar-refractivity contribution in [3.05, 3.63) is 50.2 Å². The van der Waals surface area contributed by atoms with Gasteiger partial charge in [-0.05, 0) is 18.2 Å². The highest BCUT2D eigenvalue weighted by Crippen LogP contribution is 2.40. The number of ether oxygens (including phenoxy) is 1. The molecule has 2 aromatic carbocycles. The van der Waals surface area contributed by atoms with Gasteiger partial charge >= 0.3 is 5.97 Å². The highest BCUT2D eigenvalue weighted by molar-refractivity contribution is 7.18. The van der Waals surface area contributed by atoms with Crippen LogP contribution < -0.4 is 9.64 Å². The number of thiazole rings is 1. The number of carboxylic acid groups (broad SMARTS) is 1. The minimum absolute atomic E-state index is 0.0281. The molecule has 1 aliphatic heterocycles. The maximum absolute atomic E-state index is 13.8. The molecule has 0 fully saturated rings. The molecule has 0 bridgehead atoms. The van der Waals surface area contributed by atoms with E-state index in [1.54, 1.807) is 6.07 Å². The van der Waals surface area contributed by atoms with Crippen molar-refractivity contribution < 1.29 is 23.8 Å². The Bertz CT molecular complexity index is 1170. The van der Waals surface area contributed by atoms with Crippen molar-refractivity contribution in [1.82, 2.24) is 4.98 Å². The van der Waals surface area contributed by atoms with E-state index in [0.29, 0.717) is 15.2 Å². The summed E-state index contributed by atoms with van der Waals surface area (Å²) in [5.41, 5.74) is 0.626. The molecular weight excluding hydrogens is 466 g/mol. The fraction of sp³-hybridized carbons (Fsp3) is 0.167. The number of amides is 1. The highest BCUT2D eigenvalue weighted by atomic mass is 35.5. The first kappa shape index (κ1) is 20.2. The molecule has 3 aromatic rings.